The Morgan fingerprint density at radius 2 is 2.06 bits per heavy atom. The fourth-order valence-electron chi connectivity index (χ4n) is 6.05. The van der Waals surface area contributed by atoms with Crippen LogP contribution in [0.25, 0.3) is 11.1 Å². The fourth-order valence-corrected chi connectivity index (χ4v) is 6.05. The van der Waals surface area contributed by atoms with Crippen molar-refractivity contribution in [3.05, 3.63) is 102 Å². The molecule has 0 saturated carbocycles. The van der Waals surface area contributed by atoms with Gasteiger partial charge in [0.25, 0.3) is 0 Å². The van der Waals surface area contributed by atoms with Crippen LogP contribution < -0.4 is 10.5 Å². The summed E-state index contributed by atoms with van der Waals surface area (Å²) in [6.07, 6.45) is 8.31. The first-order valence-corrected chi connectivity index (χ1v) is 10.7. The lowest BCUT2D eigenvalue weighted by Crippen LogP contribution is -2.48. The van der Waals surface area contributed by atoms with E-state index in [-0.39, 0.29) is 0 Å². The maximum Gasteiger partial charge on any atom is 0.196 e. The first kappa shape index (κ1) is 18.3. The number of benzene rings is 2. The van der Waals surface area contributed by atoms with Crippen molar-refractivity contribution in [2.24, 2.45) is 10.7 Å². The zero-order chi connectivity index (χ0) is 21.4. The largest absolute Gasteiger partial charge is 0.483 e. The predicted octanol–water partition coefficient (Wildman–Crippen LogP) is 4.79. The van der Waals surface area contributed by atoms with Gasteiger partial charge in [0.05, 0.1) is 5.70 Å². The van der Waals surface area contributed by atoms with Crippen LogP contribution in [0.2, 0.25) is 0 Å². The molecule has 0 radical (unpaired) electrons. The predicted molar refractivity (Wildman–Crippen MR) is 126 cm³/mol. The number of ether oxygens (including phenoxy) is 1. The zero-order valence-electron chi connectivity index (χ0n) is 17.7. The number of guanidine groups is 1. The zero-order valence-corrected chi connectivity index (χ0v) is 17.7. The van der Waals surface area contributed by atoms with Gasteiger partial charge in [0.1, 0.15) is 11.4 Å². The van der Waals surface area contributed by atoms with Crippen LogP contribution in [0.15, 0.2) is 84.5 Å². The van der Waals surface area contributed by atoms with Gasteiger partial charge in [-0.2, -0.15) is 0 Å². The summed E-state index contributed by atoms with van der Waals surface area (Å²) < 4.78 is 6.83. The highest BCUT2D eigenvalue weighted by Gasteiger charge is 2.70. The van der Waals surface area contributed by atoms with Crippen molar-refractivity contribution in [3.63, 3.8) is 0 Å². The van der Waals surface area contributed by atoms with E-state index in [0.717, 1.165) is 41.7 Å². The van der Waals surface area contributed by atoms with Crippen molar-refractivity contribution >= 4 is 17.1 Å². The number of nitrogens with two attached hydrogens (primary N) is 1. The number of nitrogens with zero attached hydrogens (tertiary/aromatic N) is 2. The molecule has 2 heterocycles. The Balaban J connectivity index is 1.66. The summed E-state index contributed by atoms with van der Waals surface area (Å²) in [5.74, 6) is 1.45. The summed E-state index contributed by atoms with van der Waals surface area (Å²) >= 11 is 0. The molecule has 31 heavy (non-hydrogen) atoms. The standard InChI is InChI=1S/C27H25N3O/c1-4-8-17(5-2)19-11-12-23-22(15-19)27-24(30(3)25(28)29-27)21-16-26(27,31-23)14-13-18-9-6-7-10-20(18)21/h4-12,15H,1-2,13-14,16H2,3H3,(H2,28,29). The molecule has 2 N–H and O–H groups in total. The molecule has 4 nitrogen and oxygen atoms in total. The van der Waals surface area contributed by atoms with Crippen LogP contribution in [0.3, 0.4) is 0 Å². The molecule has 2 aromatic rings. The topological polar surface area (TPSA) is 50.8 Å². The van der Waals surface area contributed by atoms with Crippen LogP contribution >= 0.6 is 0 Å². The molecule has 2 unspecified atom stereocenters. The van der Waals surface area contributed by atoms with Gasteiger partial charge in [0.2, 0.25) is 0 Å². The van der Waals surface area contributed by atoms with Gasteiger partial charge in [-0.15, -0.1) is 0 Å². The summed E-state index contributed by atoms with van der Waals surface area (Å²) in [7, 11) is 2.03. The van der Waals surface area contributed by atoms with E-state index in [2.05, 4.69) is 60.5 Å². The van der Waals surface area contributed by atoms with Gasteiger partial charge in [-0.3, -0.25) is 0 Å². The third-order valence-corrected chi connectivity index (χ3v) is 7.38. The fraction of sp³-hybridized carbons (Fsp3) is 0.222. The van der Waals surface area contributed by atoms with Crippen LogP contribution in [-0.2, 0) is 12.0 Å². The van der Waals surface area contributed by atoms with Crippen LogP contribution in [0.4, 0.5) is 0 Å². The molecular weight excluding hydrogens is 382 g/mol. The maximum atomic E-state index is 6.83. The van der Waals surface area contributed by atoms with Gasteiger partial charge in [0.15, 0.2) is 11.5 Å². The summed E-state index contributed by atoms with van der Waals surface area (Å²) in [6, 6.07) is 15.1. The normalized spacial score (nSPS) is 27.6. The van der Waals surface area contributed by atoms with Gasteiger partial charge in [-0.1, -0.05) is 61.7 Å². The van der Waals surface area contributed by atoms with Crippen LogP contribution in [0.5, 0.6) is 5.75 Å². The molecule has 0 aromatic heterocycles. The molecule has 2 bridgehead atoms. The number of rotatable bonds is 3. The van der Waals surface area contributed by atoms with Crippen LogP contribution in [0.1, 0.15) is 35.1 Å². The third-order valence-electron chi connectivity index (χ3n) is 7.38. The number of likely N-dealkylation sites (N-methyl/N-ethyl adjacent to an activating group) is 1. The summed E-state index contributed by atoms with van der Waals surface area (Å²) in [4.78, 5) is 7.23. The second kappa shape index (κ2) is 6.01. The van der Waals surface area contributed by atoms with Gasteiger partial charge < -0.3 is 15.4 Å². The van der Waals surface area contributed by atoms with Crippen molar-refractivity contribution in [3.8, 4) is 5.75 Å². The van der Waals surface area contributed by atoms with E-state index in [0.29, 0.717) is 5.96 Å². The molecule has 0 fully saturated rings. The molecular formula is C27H25N3O. The first-order valence-electron chi connectivity index (χ1n) is 10.7. The lowest BCUT2D eigenvalue weighted by molar-refractivity contribution is 0.0420. The molecule has 2 spiro atoms. The Hall–Kier alpha value is -3.53. The summed E-state index contributed by atoms with van der Waals surface area (Å²) in [5, 5.41) is 0. The van der Waals surface area contributed by atoms with Crippen molar-refractivity contribution in [2.75, 3.05) is 7.05 Å². The highest BCUT2D eigenvalue weighted by atomic mass is 16.5. The Kier molecular flexibility index (Phi) is 3.54. The molecule has 154 valence electrons. The molecule has 2 aromatic carbocycles. The molecule has 6 rings (SSSR count). The van der Waals surface area contributed by atoms with Gasteiger partial charge in [-0.25, -0.2) is 4.99 Å². The summed E-state index contributed by atoms with van der Waals surface area (Å²) in [6.45, 7) is 7.83. The first-order chi connectivity index (χ1) is 15.0. The van der Waals surface area contributed by atoms with Crippen LogP contribution in [0, 0.1) is 0 Å². The highest BCUT2D eigenvalue weighted by Crippen LogP contribution is 2.67. The van der Waals surface area contributed by atoms with E-state index < -0.39 is 11.1 Å². The molecule has 2 aliphatic heterocycles. The van der Waals surface area contributed by atoms with Gasteiger partial charge in [0, 0.05) is 19.0 Å². The molecule has 4 heteroatoms. The average molecular weight is 408 g/mol. The van der Waals surface area contributed by atoms with Crippen LogP contribution in [-0.4, -0.2) is 23.5 Å². The Labute approximate surface area is 182 Å². The minimum absolute atomic E-state index is 0.455. The maximum absolute atomic E-state index is 6.83. The molecule has 4 aliphatic rings. The highest BCUT2D eigenvalue weighted by molar-refractivity contribution is 5.93. The van der Waals surface area contributed by atoms with E-state index in [4.69, 9.17) is 15.5 Å². The lowest BCUT2D eigenvalue weighted by atomic mass is 9.74. The molecule has 0 saturated heterocycles. The number of hydrogen-bond donors (Lipinski definition) is 1. The minimum atomic E-state index is -0.611. The van der Waals surface area contributed by atoms with Crippen molar-refractivity contribution in [1.82, 2.24) is 4.90 Å². The molecule has 2 aliphatic carbocycles. The number of aryl methyl sites for hydroxylation is 1. The SMILES string of the molecule is C=CC=C(C=C)c1ccc2c(c1)C13N=C(N)N(C)C1=C1CC3(CCc3ccccc31)O2. The summed E-state index contributed by atoms with van der Waals surface area (Å²) in [5.41, 5.74) is 13.8. The van der Waals surface area contributed by atoms with Crippen molar-refractivity contribution in [2.45, 2.75) is 30.4 Å². The second-order valence-electron chi connectivity index (χ2n) is 8.77. The number of allylic oxidation sites excluding steroid dienone is 4. The second-order valence-corrected chi connectivity index (χ2v) is 8.77. The number of aliphatic imine (C=N–C) groups is 1. The van der Waals surface area contributed by atoms with Gasteiger partial charge in [-0.05, 0) is 52.8 Å². The van der Waals surface area contributed by atoms with E-state index >= 15 is 0 Å². The third kappa shape index (κ3) is 2.07. The lowest BCUT2D eigenvalue weighted by Gasteiger charge is -2.36. The van der Waals surface area contributed by atoms with E-state index in [1.165, 1.54) is 22.4 Å². The van der Waals surface area contributed by atoms with Crippen molar-refractivity contribution in [1.29, 1.82) is 0 Å². The average Bonchev–Trinajstić information content (AvgIpc) is 3.24. The van der Waals surface area contributed by atoms with Crippen molar-refractivity contribution < 1.29 is 4.74 Å². The Morgan fingerprint density at radius 3 is 2.87 bits per heavy atom. The number of fused-ring (bicyclic) bond motifs is 4. The van der Waals surface area contributed by atoms with E-state index in [1.807, 2.05) is 19.2 Å². The monoisotopic (exact) mass is 407 g/mol. The molecule has 2 atom stereocenters. The Morgan fingerprint density at radius 1 is 1.23 bits per heavy atom. The minimum Gasteiger partial charge on any atom is -0.483 e. The number of hydrogen-bond acceptors (Lipinski definition) is 4. The molecule has 0 amide bonds. The smallest absolute Gasteiger partial charge is 0.196 e. The Bertz CT molecular complexity index is 1270. The van der Waals surface area contributed by atoms with E-state index in [1.54, 1.807) is 6.08 Å². The van der Waals surface area contributed by atoms with Gasteiger partial charge >= 0.3 is 0 Å². The quantitative estimate of drug-likeness (QED) is 0.745. The van der Waals surface area contributed by atoms with E-state index in [9.17, 15) is 0 Å².